The molecule has 0 aromatic carbocycles. The molecule has 4 N–H and O–H groups in total. The number of carboxylic acids is 2. The number of carbonyl (C=O) groups is 2. The van der Waals surface area contributed by atoms with Gasteiger partial charge in [0.05, 0.1) is 5.41 Å². The molecule has 4 rings (SSSR count). The van der Waals surface area contributed by atoms with Crippen LogP contribution >= 0.6 is 0 Å². The maximum Gasteiger partial charge on any atom is 0.324 e. The van der Waals surface area contributed by atoms with E-state index < -0.39 is 22.9 Å². The third kappa shape index (κ3) is 1.18. The maximum absolute atomic E-state index is 11.4. The third-order valence-corrected chi connectivity index (χ3v) is 5.36. The van der Waals surface area contributed by atoms with Gasteiger partial charge in [0.2, 0.25) is 0 Å². The molecule has 17 heavy (non-hydrogen) atoms. The lowest BCUT2D eigenvalue weighted by Crippen LogP contribution is -2.70. The molecule has 0 spiro atoms. The number of hydrogen-bond acceptors (Lipinski definition) is 3. The fourth-order valence-electron chi connectivity index (χ4n) is 4.65. The number of hydrogen-bond donors (Lipinski definition) is 3. The Morgan fingerprint density at radius 3 is 1.94 bits per heavy atom. The van der Waals surface area contributed by atoms with Gasteiger partial charge in [-0.2, -0.15) is 0 Å². The molecule has 0 aliphatic heterocycles. The van der Waals surface area contributed by atoms with Crippen LogP contribution in [0.3, 0.4) is 0 Å². The van der Waals surface area contributed by atoms with Gasteiger partial charge in [-0.05, 0) is 49.9 Å². The van der Waals surface area contributed by atoms with Crippen molar-refractivity contribution in [2.24, 2.45) is 28.9 Å². The standard InChI is InChI=1S/C12H17NO4/c13-12(10(16)17)7-1-6-2-8(12)5-11(3-6,4-7)9(14)15/h6-8H,1-5,13H2,(H,14,15)(H,16,17)/t6?,7-,8-,11?,12?/m0/s1. The molecule has 4 aliphatic carbocycles. The SMILES string of the molecule is NC1(C(=O)O)[C@H]2CC3C[C@H]1CC(C(=O)O)(C3)C2. The Balaban J connectivity index is 2.02. The van der Waals surface area contributed by atoms with E-state index in [1.54, 1.807) is 0 Å². The predicted molar refractivity (Wildman–Crippen MR) is 58.2 cm³/mol. The molecule has 0 unspecified atom stereocenters. The monoisotopic (exact) mass is 239 g/mol. The minimum atomic E-state index is -1.18. The topological polar surface area (TPSA) is 101 Å². The molecule has 4 saturated carbocycles. The van der Waals surface area contributed by atoms with Crippen molar-refractivity contribution < 1.29 is 19.8 Å². The summed E-state index contributed by atoms with van der Waals surface area (Å²) >= 11 is 0. The molecular weight excluding hydrogens is 222 g/mol. The largest absolute Gasteiger partial charge is 0.481 e. The summed E-state index contributed by atoms with van der Waals surface area (Å²) in [5.41, 5.74) is 4.23. The zero-order valence-corrected chi connectivity index (χ0v) is 9.56. The maximum atomic E-state index is 11.4. The van der Waals surface area contributed by atoms with Crippen LogP contribution in [0, 0.1) is 23.2 Å². The lowest BCUT2D eigenvalue weighted by molar-refractivity contribution is -0.183. The second kappa shape index (κ2) is 3.02. The van der Waals surface area contributed by atoms with Crippen LogP contribution in [0.5, 0.6) is 0 Å². The normalized spacial score (nSPS) is 51.5. The number of nitrogens with two attached hydrogens (primary N) is 1. The van der Waals surface area contributed by atoms with E-state index in [0.717, 1.165) is 12.8 Å². The molecule has 5 nitrogen and oxygen atoms in total. The first-order chi connectivity index (χ1) is 7.88. The number of rotatable bonds is 2. The summed E-state index contributed by atoms with van der Waals surface area (Å²) in [6.45, 7) is 0. The quantitative estimate of drug-likeness (QED) is 0.657. The van der Waals surface area contributed by atoms with Crippen molar-refractivity contribution in [2.45, 2.75) is 37.6 Å². The van der Waals surface area contributed by atoms with Crippen LogP contribution in [0.4, 0.5) is 0 Å². The smallest absolute Gasteiger partial charge is 0.324 e. The van der Waals surface area contributed by atoms with Gasteiger partial charge in [-0.3, -0.25) is 9.59 Å². The number of aliphatic carboxylic acids is 2. The molecule has 5 heteroatoms. The molecule has 94 valence electrons. The lowest BCUT2D eigenvalue weighted by atomic mass is 9.43. The van der Waals surface area contributed by atoms with Gasteiger partial charge in [-0.25, -0.2) is 0 Å². The Labute approximate surface area is 99.0 Å². The highest BCUT2D eigenvalue weighted by Crippen LogP contribution is 2.62. The van der Waals surface area contributed by atoms with Crippen molar-refractivity contribution in [2.75, 3.05) is 0 Å². The third-order valence-electron chi connectivity index (χ3n) is 5.36. The molecule has 0 aromatic heterocycles. The van der Waals surface area contributed by atoms with Gasteiger partial charge in [0.15, 0.2) is 0 Å². The summed E-state index contributed by atoms with van der Waals surface area (Å²) in [6, 6.07) is 0. The Hall–Kier alpha value is -1.10. The van der Waals surface area contributed by atoms with Gasteiger partial charge in [-0.1, -0.05) is 0 Å². The second-order valence-electron chi connectivity index (χ2n) is 6.17. The highest BCUT2D eigenvalue weighted by molar-refractivity contribution is 5.82. The van der Waals surface area contributed by atoms with E-state index >= 15 is 0 Å². The van der Waals surface area contributed by atoms with Crippen molar-refractivity contribution in [3.05, 3.63) is 0 Å². The fraction of sp³-hybridized carbons (Fsp3) is 0.833. The van der Waals surface area contributed by atoms with Crippen LogP contribution in [-0.4, -0.2) is 27.7 Å². The molecule has 0 heterocycles. The van der Waals surface area contributed by atoms with Gasteiger partial charge in [0.25, 0.3) is 0 Å². The van der Waals surface area contributed by atoms with Crippen LogP contribution in [0.1, 0.15) is 32.1 Å². The van der Waals surface area contributed by atoms with Crippen molar-refractivity contribution in [1.82, 2.24) is 0 Å². The van der Waals surface area contributed by atoms with E-state index in [-0.39, 0.29) is 11.8 Å². The van der Waals surface area contributed by atoms with E-state index in [0.29, 0.717) is 25.2 Å². The molecule has 0 amide bonds. The molecular formula is C12H17NO4. The van der Waals surface area contributed by atoms with Crippen molar-refractivity contribution in [3.63, 3.8) is 0 Å². The van der Waals surface area contributed by atoms with Crippen molar-refractivity contribution >= 4 is 11.9 Å². The molecule has 0 radical (unpaired) electrons. The average Bonchev–Trinajstić information content (AvgIpc) is 2.24. The lowest BCUT2D eigenvalue weighted by Gasteiger charge is -2.61. The van der Waals surface area contributed by atoms with Crippen molar-refractivity contribution in [3.8, 4) is 0 Å². The summed E-state index contributed by atoms with van der Waals surface area (Å²) in [5, 5.41) is 18.8. The fourth-order valence-corrected chi connectivity index (χ4v) is 4.65. The van der Waals surface area contributed by atoms with E-state index in [2.05, 4.69) is 0 Å². The zero-order valence-electron chi connectivity index (χ0n) is 9.56. The molecule has 0 aromatic rings. The predicted octanol–water partition coefficient (Wildman–Crippen LogP) is 0.679. The van der Waals surface area contributed by atoms with Gasteiger partial charge < -0.3 is 15.9 Å². The van der Waals surface area contributed by atoms with Crippen LogP contribution < -0.4 is 5.73 Å². The Kier molecular flexibility index (Phi) is 1.95. The van der Waals surface area contributed by atoms with Gasteiger partial charge in [0.1, 0.15) is 5.54 Å². The highest BCUT2D eigenvalue weighted by Gasteiger charge is 2.66. The van der Waals surface area contributed by atoms with Gasteiger partial charge >= 0.3 is 11.9 Å². The van der Waals surface area contributed by atoms with Crippen LogP contribution in [0.15, 0.2) is 0 Å². The van der Waals surface area contributed by atoms with E-state index in [1.807, 2.05) is 0 Å². The summed E-state index contributed by atoms with van der Waals surface area (Å²) in [7, 11) is 0. The minimum Gasteiger partial charge on any atom is -0.481 e. The van der Waals surface area contributed by atoms with Crippen LogP contribution in [0.25, 0.3) is 0 Å². The summed E-state index contributed by atoms with van der Waals surface area (Å²) in [4.78, 5) is 22.9. The van der Waals surface area contributed by atoms with Gasteiger partial charge in [0, 0.05) is 0 Å². The minimum absolute atomic E-state index is 0.164. The molecule has 2 atom stereocenters. The Morgan fingerprint density at radius 2 is 1.53 bits per heavy atom. The summed E-state index contributed by atoms with van der Waals surface area (Å²) in [5.74, 6) is -1.68. The number of carboxylic acid groups (broad SMARTS) is 2. The van der Waals surface area contributed by atoms with Gasteiger partial charge in [-0.15, -0.1) is 0 Å². The van der Waals surface area contributed by atoms with E-state index in [4.69, 9.17) is 5.73 Å². The zero-order chi connectivity index (χ0) is 12.4. The molecule has 4 bridgehead atoms. The summed E-state index contributed by atoms with van der Waals surface area (Å²) < 4.78 is 0. The first kappa shape index (κ1) is 11.0. The first-order valence-corrected chi connectivity index (χ1v) is 6.14. The summed E-state index contributed by atoms with van der Waals surface area (Å²) in [6.07, 6.45) is 3.17. The molecule has 0 saturated heterocycles. The van der Waals surface area contributed by atoms with E-state index in [1.165, 1.54) is 0 Å². The Bertz CT molecular complexity index is 389. The Morgan fingerprint density at radius 1 is 1.00 bits per heavy atom. The second-order valence-corrected chi connectivity index (χ2v) is 6.17. The first-order valence-electron chi connectivity index (χ1n) is 6.14. The highest BCUT2D eigenvalue weighted by atomic mass is 16.4. The van der Waals surface area contributed by atoms with Crippen LogP contribution in [-0.2, 0) is 9.59 Å². The van der Waals surface area contributed by atoms with E-state index in [9.17, 15) is 19.8 Å². The van der Waals surface area contributed by atoms with Crippen molar-refractivity contribution in [1.29, 1.82) is 0 Å². The van der Waals surface area contributed by atoms with Crippen LogP contribution in [0.2, 0.25) is 0 Å². The molecule has 4 fully saturated rings. The molecule has 4 aliphatic rings. The average molecular weight is 239 g/mol.